The van der Waals surface area contributed by atoms with E-state index in [1.165, 1.54) is 6.07 Å². The number of benzene rings is 1. The topological polar surface area (TPSA) is 139 Å². The van der Waals surface area contributed by atoms with Gasteiger partial charge in [0.1, 0.15) is 11.4 Å². The highest BCUT2D eigenvalue weighted by atomic mass is 32.2. The zero-order chi connectivity index (χ0) is 15.2. The minimum absolute atomic E-state index is 0.147. The lowest BCUT2D eigenvalue weighted by Gasteiger charge is -2.09. The van der Waals surface area contributed by atoms with Crippen molar-refractivity contribution in [2.24, 2.45) is 5.84 Å². The number of hydrogen-bond acceptors (Lipinski definition) is 7. The first-order valence-electron chi connectivity index (χ1n) is 5.77. The molecule has 0 bridgehead atoms. The molecular formula is C10H17N5O4S. The molecule has 0 heterocycles. The molecule has 0 saturated carbocycles. The van der Waals surface area contributed by atoms with Crippen molar-refractivity contribution in [3.05, 3.63) is 28.3 Å². The Hall–Kier alpha value is -1.91. The molecule has 0 aliphatic heterocycles. The molecule has 5 N–H and O–H groups in total. The summed E-state index contributed by atoms with van der Waals surface area (Å²) in [6, 6.07) is 4.68. The van der Waals surface area contributed by atoms with Crippen LogP contribution in [0.15, 0.2) is 18.2 Å². The van der Waals surface area contributed by atoms with Crippen LogP contribution in [0.1, 0.15) is 6.42 Å². The van der Waals surface area contributed by atoms with Gasteiger partial charge in [-0.3, -0.25) is 16.0 Å². The van der Waals surface area contributed by atoms with Crippen LogP contribution in [0.25, 0.3) is 0 Å². The third-order valence-corrected chi connectivity index (χ3v) is 3.14. The van der Waals surface area contributed by atoms with Crippen LogP contribution in [0.4, 0.5) is 17.1 Å². The Labute approximate surface area is 116 Å². The number of nitro benzene ring substituents is 1. The van der Waals surface area contributed by atoms with Gasteiger partial charge in [0.2, 0.25) is 10.0 Å². The van der Waals surface area contributed by atoms with Crippen LogP contribution in [-0.2, 0) is 10.0 Å². The van der Waals surface area contributed by atoms with Gasteiger partial charge in [0.05, 0.1) is 11.2 Å². The fourth-order valence-corrected chi connectivity index (χ4v) is 2.08. The molecule has 1 rings (SSSR count). The maximum atomic E-state index is 11.0. The number of nitrogens with two attached hydrogens (primary N) is 1. The van der Waals surface area contributed by atoms with E-state index in [2.05, 4.69) is 15.5 Å². The summed E-state index contributed by atoms with van der Waals surface area (Å²) in [7, 11) is -3.21. The minimum Gasteiger partial charge on any atom is -0.379 e. The number of para-hydroxylation sites is 1. The SMILES string of the molecule is CS(=O)(=O)NCCCNc1cccc(NN)c1[N+](=O)[O-]. The lowest BCUT2D eigenvalue weighted by Crippen LogP contribution is -2.24. The summed E-state index contributed by atoms with van der Waals surface area (Å²) < 4.78 is 24.0. The van der Waals surface area contributed by atoms with E-state index in [0.717, 1.165) is 6.26 Å². The fourth-order valence-electron chi connectivity index (χ4n) is 1.57. The van der Waals surface area contributed by atoms with Gasteiger partial charge in [0.25, 0.3) is 0 Å². The first-order valence-corrected chi connectivity index (χ1v) is 7.67. The Bertz CT molecular complexity index is 575. The smallest absolute Gasteiger partial charge is 0.316 e. The van der Waals surface area contributed by atoms with Crippen molar-refractivity contribution in [2.75, 3.05) is 30.1 Å². The van der Waals surface area contributed by atoms with Crippen LogP contribution >= 0.6 is 0 Å². The van der Waals surface area contributed by atoms with Gasteiger partial charge in [-0.2, -0.15) is 0 Å². The monoisotopic (exact) mass is 303 g/mol. The van der Waals surface area contributed by atoms with Crippen LogP contribution in [0, 0.1) is 10.1 Å². The molecule has 1 aromatic carbocycles. The molecule has 0 radical (unpaired) electrons. The molecule has 0 amide bonds. The van der Waals surface area contributed by atoms with E-state index in [9.17, 15) is 18.5 Å². The largest absolute Gasteiger partial charge is 0.379 e. The van der Waals surface area contributed by atoms with E-state index < -0.39 is 14.9 Å². The molecule has 0 aliphatic rings. The lowest BCUT2D eigenvalue weighted by atomic mass is 10.2. The first-order chi connectivity index (χ1) is 9.35. The second kappa shape index (κ2) is 7.03. The number of sulfonamides is 1. The van der Waals surface area contributed by atoms with Crippen LogP contribution in [0.2, 0.25) is 0 Å². The summed E-state index contributed by atoms with van der Waals surface area (Å²) in [5, 5.41) is 13.9. The molecule has 0 atom stereocenters. The summed E-state index contributed by atoms with van der Waals surface area (Å²) in [5.74, 6) is 5.22. The summed E-state index contributed by atoms with van der Waals surface area (Å²) >= 11 is 0. The number of nitrogen functional groups attached to an aromatic ring is 1. The van der Waals surface area contributed by atoms with Crippen molar-refractivity contribution < 1.29 is 13.3 Å². The van der Waals surface area contributed by atoms with Gasteiger partial charge in [-0.25, -0.2) is 13.1 Å². The molecular weight excluding hydrogens is 286 g/mol. The zero-order valence-corrected chi connectivity index (χ0v) is 11.7. The van der Waals surface area contributed by atoms with Crippen LogP contribution in [0.3, 0.4) is 0 Å². The molecule has 0 spiro atoms. The predicted molar refractivity (Wildman–Crippen MR) is 76.9 cm³/mol. The number of nitrogens with one attached hydrogen (secondary N) is 3. The molecule has 10 heteroatoms. The fraction of sp³-hybridized carbons (Fsp3) is 0.400. The van der Waals surface area contributed by atoms with Crippen LogP contribution < -0.4 is 21.3 Å². The molecule has 0 aliphatic carbocycles. The first kappa shape index (κ1) is 16.1. The molecule has 112 valence electrons. The molecule has 20 heavy (non-hydrogen) atoms. The summed E-state index contributed by atoms with van der Waals surface area (Å²) in [5.41, 5.74) is 2.65. The van der Waals surface area contributed by atoms with E-state index in [1.807, 2.05) is 0 Å². The quantitative estimate of drug-likeness (QED) is 0.233. The average Bonchev–Trinajstić information content (AvgIpc) is 2.36. The van der Waals surface area contributed by atoms with Gasteiger partial charge in [0, 0.05) is 13.1 Å². The predicted octanol–water partition coefficient (Wildman–Crippen LogP) is 0.232. The molecule has 0 unspecified atom stereocenters. The molecule has 1 aromatic rings. The normalized spacial score (nSPS) is 11.1. The van der Waals surface area contributed by atoms with E-state index >= 15 is 0 Å². The number of hydrazine groups is 1. The highest BCUT2D eigenvalue weighted by Crippen LogP contribution is 2.31. The van der Waals surface area contributed by atoms with Crippen LogP contribution in [-0.4, -0.2) is 32.7 Å². The number of nitrogens with zero attached hydrogens (tertiary/aromatic N) is 1. The second-order valence-corrected chi connectivity index (χ2v) is 5.88. The molecule has 0 fully saturated rings. The van der Waals surface area contributed by atoms with E-state index in [-0.39, 0.29) is 17.9 Å². The Kier molecular flexibility index (Phi) is 5.67. The molecule has 0 aromatic heterocycles. The maximum absolute atomic E-state index is 11.0. The Morgan fingerprint density at radius 2 is 1.95 bits per heavy atom. The Morgan fingerprint density at radius 3 is 2.50 bits per heavy atom. The minimum atomic E-state index is -3.21. The van der Waals surface area contributed by atoms with Crippen molar-refractivity contribution in [1.82, 2.24) is 4.72 Å². The van der Waals surface area contributed by atoms with Gasteiger partial charge >= 0.3 is 5.69 Å². The van der Waals surface area contributed by atoms with Crippen molar-refractivity contribution in [3.8, 4) is 0 Å². The van der Waals surface area contributed by atoms with Crippen molar-refractivity contribution in [1.29, 1.82) is 0 Å². The third-order valence-electron chi connectivity index (χ3n) is 2.41. The second-order valence-electron chi connectivity index (χ2n) is 4.05. The highest BCUT2D eigenvalue weighted by Gasteiger charge is 2.18. The number of nitro groups is 1. The van der Waals surface area contributed by atoms with Crippen molar-refractivity contribution >= 4 is 27.1 Å². The summed E-state index contributed by atoms with van der Waals surface area (Å²) in [6.45, 7) is 0.645. The third kappa shape index (κ3) is 4.99. The van der Waals surface area contributed by atoms with Gasteiger partial charge in [-0.15, -0.1) is 0 Å². The van der Waals surface area contributed by atoms with Gasteiger partial charge in [0.15, 0.2) is 0 Å². The Morgan fingerprint density at radius 1 is 1.30 bits per heavy atom. The van der Waals surface area contributed by atoms with E-state index in [4.69, 9.17) is 5.84 Å². The highest BCUT2D eigenvalue weighted by molar-refractivity contribution is 7.88. The van der Waals surface area contributed by atoms with E-state index in [1.54, 1.807) is 12.1 Å². The summed E-state index contributed by atoms with van der Waals surface area (Å²) in [4.78, 5) is 10.5. The van der Waals surface area contributed by atoms with Crippen molar-refractivity contribution in [2.45, 2.75) is 6.42 Å². The van der Waals surface area contributed by atoms with Crippen LogP contribution in [0.5, 0.6) is 0 Å². The zero-order valence-electron chi connectivity index (χ0n) is 10.9. The standard InChI is InChI=1S/C10H17N5O4S/c1-20(18,19)13-7-3-6-12-8-4-2-5-9(14-11)10(8)15(16)17/h2,4-5,12-14H,3,6-7,11H2,1H3. The van der Waals surface area contributed by atoms with Gasteiger partial charge < -0.3 is 10.7 Å². The van der Waals surface area contributed by atoms with Crippen molar-refractivity contribution in [3.63, 3.8) is 0 Å². The maximum Gasteiger partial charge on any atom is 0.316 e. The molecule has 9 nitrogen and oxygen atoms in total. The number of rotatable bonds is 8. The van der Waals surface area contributed by atoms with Gasteiger partial charge in [-0.05, 0) is 18.6 Å². The summed E-state index contributed by atoms with van der Waals surface area (Å²) in [6.07, 6.45) is 1.56. The number of hydrogen-bond donors (Lipinski definition) is 4. The Balaban J connectivity index is 2.62. The van der Waals surface area contributed by atoms with Gasteiger partial charge in [-0.1, -0.05) is 6.07 Å². The number of anilines is 2. The van der Waals surface area contributed by atoms with E-state index in [0.29, 0.717) is 18.7 Å². The lowest BCUT2D eigenvalue weighted by molar-refractivity contribution is -0.383. The molecule has 0 saturated heterocycles. The average molecular weight is 303 g/mol.